The quantitative estimate of drug-likeness (QED) is 0.849. The van der Waals surface area contributed by atoms with Gasteiger partial charge in [-0.1, -0.05) is 12.8 Å². The number of hydrogen-bond donors (Lipinski definition) is 2. The predicted molar refractivity (Wildman–Crippen MR) is 84.8 cm³/mol. The molecule has 0 bridgehead atoms. The van der Waals surface area contributed by atoms with Gasteiger partial charge in [-0.25, -0.2) is 4.39 Å². The van der Waals surface area contributed by atoms with Crippen LogP contribution in [0.15, 0.2) is 18.3 Å². The molecule has 2 rings (SSSR count). The molecule has 0 spiro atoms. The fourth-order valence-electron chi connectivity index (χ4n) is 3.00. The standard InChI is InChI=1S/C17H26FN3O/c1-12(15-9-8-14(18)11-19-15)21-17(2,3)16(22)20-10-13-6-4-5-7-13/h8-9,11-13,21H,4-7,10H2,1-3H3,(H,20,22)/t12-/m0/s1. The van der Waals surface area contributed by atoms with Crippen LogP contribution in [0, 0.1) is 11.7 Å². The first-order valence-electron chi connectivity index (χ1n) is 8.06. The number of nitrogens with zero attached hydrogens (tertiary/aromatic N) is 1. The molecule has 0 radical (unpaired) electrons. The molecule has 0 saturated heterocycles. The van der Waals surface area contributed by atoms with Crippen LogP contribution in [0.4, 0.5) is 4.39 Å². The SMILES string of the molecule is C[C@H](NC(C)(C)C(=O)NCC1CCCC1)c1ccc(F)cn1. The molecule has 1 fully saturated rings. The molecule has 4 nitrogen and oxygen atoms in total. The first kappa shape index (κ1) is 16.9. The summed E-state index contributed by atoms with van der Waals surface area (Å²) in [5.74, 6) is 0.258. The molecule has 1 aromatic rings. The highest BCUT2D eigenvalue weighted by atomic mass is 19.1. The van der Waals surface area contributed by atoms with Crippen LogP contribution in [0.3, 0.4) is 0 Å². The molecule has 1 saturated carbocycles. The average molecular weight is 307 g/mol. The van der Waals surface area contributed by atoms with Crippen molar-refractivity contribution in [2.45, 2.75) is 58.0 Å². The summed E-state index contributed by atoms with van der Waals surface area (Å²) < 4.78 is 12.9. The second-order valence-corrected chi connectivity index (χ2v) is 6.75. The summed E-state index contributed by atoms with van der Waals surface area (Å²) in [6.07, 6.45) is 6.17. The third-order valence-electron chi connectivity index (χ3n) is 4.36. The Balaban J connectivity index is 1.87. The number of aromatic nitrogens is 1. The van der Waals surface area contributed by atoms with Crippen LogP contribution in [0.25, 0.3) is 0 Å². The van der Waals surface area contributed by atoms with Gasteiger partial charge in [-0.15, -0.1) is 0 Å². The van der Waals surface area contributed by atoms with Crippen LogP contribution >= 0.6 is 0 Å². The number of amides is 1. The molecular weight excluding hydrogens is 281 g/mol. The van der Waals surface area contributed by atoms with Crippen molar-refractivity contribution >= 4 is 5.91 Å². The molecule has 1 heterocycles. The normalized spacial score (nSPS) is 17.5. The monoisotopic (exact) mass is 307 g/mol. The Kier molecular flexibility index (Phi) is 5.51. The molecule has 0 unspecified atom stereocenters. The zero-order chi connectivity index (χ0) is 16.2. The molecule has 22 heavy (non-hydrogen) atoms. The Morgan fingerprint density at radius 3 is 2.68 bits per heavy atom. The molecule has 0 aliphatic heterocycles. The van der Waals surface area contributed by atoms with Crippen molar-refractivity contribution in [3.05, 3.63) is 29.8 Å². The first-order chi connectivity index (χ1) is 10.4. The van der Waals surface area contributed by atoms with Crippen molar-refractivity contribution in [2.24, 2.45) is 5.92 Å². The lowest BCUT2D eigenvalue weighted by Gasteiger charge is -2.29. The highest BCUT2D eigenvalue weighted by Crippen LogP contribution is 2.24. The van der Waals surface area contributed by atoms with Gasteiger partial charge in [-0.05, 0) is 51.7 Å². The maximum Gasteiger partial charge on any atom is 0.239 e. The van der Waals surface area contributed by atoms with E-state index in [1.54, 1.807) is 6.07 Å². The van der Waals surface area contributed by atoms with Gasteiger partial charge in [0.05, 0.1) is 17.4 Å². The fourth-order valence-corrected chi connectivity index (χ4v) is 3.00. The van der Waals surface area contributed by atoms with Crippen LogP contribution in [-0.2, 0) is 4.79 Å². The fraction of sp³-hybridized carbons (Fsp3) is 0.647. The Hall–Kier alpha value is -1.49. The minimum Gasteiger partial charge on any atom is -0.354 e. The number of pyridine rings is 1. The van der Waals surface area contributed by atoms with Crippen molar-refractivity contribution in [3.63, 3.8) is 0 Å². The second kappa shape index (κ2) is 7.18. The van der Waals surface area contributed by atoms with Crippen molar-refractivity contribution in [1.82, 2.24) is 15.6 Å². The summed E-state index contributed by atoms with van der Waals surface area (Å²) in [7, 11) is 0. The van der Waals surface area contributed by atoms with Gasteiger partial charge in [0, 0.05) is 12.6 Å². The summed E-state index contributed by atoms with van der Waals surface area (Å²) in [4.78, 5) is 16.4. The maximum absolute atomic E-state index is 12.9. The summed E-state index contributed by atoms with van der Waals surface area (Å²) in [6, 6.07) is 2.89. The third kappa shape index (κ3) is 4.50. The van der Waals surface area contributed by atoms with Gasteiger partial charge < -0.3 is 5.32 Å². The van der Waals surface area contributed by atoms with E-state index in [0.717, 1.165) is 12.2 Å². The van der Waals surface area contributed by atoms with Crippen molar-refractivity contribution < 1.29 is 9.18 Å². The van der Waals surface area contributed by atoms with E-state index in [-0.39, 0.29) is 17.8 Å². The molecular formula is C17H26FN3O. The molecule has 1 aliphatic rings. The van der Waals surface area contributed by atoms with E-state index in [1.807, 2.05) is 20.8 Å². The summed E-state index contributed by atoms with van der Waals surface area (Å²) in [5.41, 5.74) is 0.0201. The summed E-state index contributed by atoms with van der Waals surface area (Å²) >= 11 is 0. The van der Waals surface area contributed by atoms with Gasteiger partial charge in [-0.3, -0.25) is 15.1 Å². The molecule has 1 amide bonds. The first-order valence-corrected chi connectivity index (χ1v) is 8.06. The predicted octanol–water partition coefficient (Wildman–Crippen LogP) is 2.96. The average Bonchev–Trinajstić information content (AvgIpc) is 2.98. The molecule has 2 N–H and O–H groups in total. The van der Waals surface area contributed by atoms with Crippen LogP contribution in [0.1, 0.15) is 58.2 Å². The largest absolute Gasteiger partial charge is 0.354 e. The Labute approximate surface area is 131 Å². The van der Waals surface area contributed by atoms with E-state index in [2.05, 4.69) is 15.6 Å². The van der Waals surface area contributed by atoms with Crippen LogP contribution in [0.5, 0.6) is 0 Å². The van der Waals surface area contributed by atoms with E-state index >= 15 is 0 Å². The van der Waals surface area contributed by atoms with E-state index < -0.39 is 5.54 Å². The zero-order valence-corrected chi connectivity index (χ0v) is 13.7. The van der Waals surface area contributed by atoms with Gasteiger partial charge in [0.2, 0.25) is 5.91 Å². The highest BCUT2D eigenvalue weighted by Gasteiger charge is 2.30. The van der Waals surface area contributed by atoms with E-state index in [0.29, 0.717) is 5.92 Å². The molecule has 1 aromatic heterocycles. The smallest absolute Gasteiger partial charge is 0.239 e. The van der Waals surface area contributed by atoms with E-state index in [4.69, 9.17) is 0 Å². The van der Waals surface area contributed by atoms with Crippen LogP contribution < -0.4 is 10.6 Å². The van der Waals surface area contributed by atoms with Gasteiger partial charge in [-0.2, -0.15) is 0 Å². The Morgan fingerprint density at radius 1 is 1.41 bits per heavy atom. The lowest BCUT2D eigenvalue weighted by molar-refractivity contribution is -0.126. The Bertz CT molecular complexity index is 495. The van der Waals surface area contributed by atoms with Crippen LogP contribution in [0.2, 0.25) is 0 Å². The Morgan fingerprint density at radius 2 is 2.09 bits per heavy atom. The van der Waals surface area contributed by atoms with Gasteiger partial charge in [0.1, 0.15) is 5.82 Å². The number of halogens is 1. The number of hydrogen-bond acceptors (Lipinski definition) is 3. The minimum atomic E-state index is -0.700. The molecule has 0 aromatic carbocycles. The summed E-state index contributed by atoms with van der Waals surface area (Å²) in [5, 5.41) is 6.32. The second-order valence-electron chi connectivity index (χ2n) is 6.75. The minimum absolute atomic E-state index is 0.00615. The molecule has 1 aliphatic carbocycles. The van der Waals surface area contributed by atoms with E-state index in [1.165, 1.54) is 37.9 Å². The van der Waals surface area contributed by atoms with Gasteiger partial charge in [0.25, 0.3) is 0 Å². The lowest BCUT2D eigenvalue weighted by atomic mass is 10.0. The maximum atomic E-state index is 12.9. The van der Waals surface area contributed by atoms with Gasteiger partial charge in [0.15, 0.2) is 0 Å². The number of carbonyl (C=O) groups is 1. The van der Waals surface area contributed by atoms with Gasteiger partial charge >= 0.3 is 0 Å². The van der Waals surface area contributed by atoms with Crippen molar-refractivity contribution in [2.75, 3.05) is 6.54 Å². The zero-order valence-electron chi connectivity index (χ0n) is 13.7. The summed E-state index contributed by atoms with van der Waals surface area (Å²) in [6.45, 7) is 6.40. The highest BCUT2D eigenvalue weighted by molar-refractivity contribution is 5.85. The molecule has 1 atom stereocenters. The molecule has 5 heteroatoms. The number of carbonyl (C=O) groups excluding carboxylic acids is 1. The van der Waals surface area contributed by atoms with Crippen molar-refractivity contribution in [3.8, 4) is 0 Å². The number of rotatable bonds is 6. The third-order valence-corrected chi connectivity index (χ3v) is 4.36. The number of nitrogens with one attached hydrogen (secondary N) is 2. The van der Waals surface area contributed by atoms with Crippen LogP contribution in [-0.4, -0.2) is 23.0 Å². The van der Waals surface area contributed by atoms with E-state index in [9.17, 15) is 9.18 Å². The molecule has 122 valence electrons. The topological polar surface area (TPSA) is 54.0 Å². The van der Waals surface area contributed by atoms with Crippen molar-refractivity contribution in [1.29, 1.82) is 0 Å². The lowest BCUT2D eigenvalue weighted by Crippen LogP contribution is -2.54.